The molecule has 2 aliphatic rings. The number of aromatic nitrogens is 3. The number of benzene rings is 1. The Balaban J connectivity index is 1.45. The van der Waals surface area contributed by atoms with Gasteiger partial charge in [-0.1, -0.05) is 42.1 Å². The number of sulfone groups is 1. The van der Waals surface area contributed by atoms with Crippen LogP contribution in [0.2, 0.25) is 0 Å². The molecule has 2 atom stereocenters. The van der Waals surface area contributed by atoms with Gasteiger partial charge in [0.25, 0.3) is 0 Å². The number of carbonyl (C=O) groups is 1. The van der Waals surface area contributed by atoms with E-state index in [0.29, 0.717) is 18.9 Å². The van der Waals surface area contributed by atoms with Gasteiger partial charge < -0.3 is 9.88 Å². The van der Waals surface area contributed by atoms with Crippen LogP contribution >= 0.6 is 11.8 Å². The number of nitrogens with one attached hydrogen (secondary N) is 1. The average molecular weight is 421 g/mol. The molecule has 2 heterocycles. The van der Waals surface area contributed by atoms with Crippen molar-refractivity contribution in [2.75, 3.05) is 11.5 Å². The first-order chi connectivity index (χ1) is 13.4. The maximum Gasteiger partial charge on any atom is 0.233 e. The number of rotatable bonds is 7. The second-order valence-corrected chi connectivity index (χ2v) is 11.1. The predicted molar refractivity (Wildman–Crippen MR) is 108 cm³/mol. The van der Waals surface area contributed by atoms with Gasteiger partial charge in [-0.25, -0.2) is 8.42 Å². The SMILES string of the molecule is C[C@@H](Sc1nnc(C2CC2)n1Cc1ccccc1)C(=O)N[C@@H]1CCS(=O)(=O)C1. The van der Waals surface area contributed by atoms with E-state index in [1.807, 2.05) is 25.1 Å². The van der Waals surface area contributed by atoms with Gasteiger partial charge in [-0.05, 0) is 31.7 Å². The molecule has 7 nitrogen and oxygen atoms in total. The van der Waals surface area contributed by atoms with Gasteiger partial charge in [0.2, 0.25) is 5.91 Å². The van der Waals surface area contributed by atoms with Crippen LogP contribution in [0.3, 0.4) is 0 Å². The maximum absolute atomic E-state index is 12.6. The van der Waals surface area contributed by atoms with E-state index in [2.05, 4.69) is 32.2 Å². The Labute approximate surface area is 169 Å². The van der Waals surface area contributed by atoms with Crippen LogP contribution in [0.1, 0.15) is 43.5 Å². The lowest BCUT2D eigenvalue weighted by Gasteiger charge is -2.16. The molecule has 28 heavy (non-hydrogen) atoms. The minimum absolute atomic E-state index is 0.0339. The molecule has 9 heteroatoms. The summed E-state index contributed by atoms with van der Waals surface area (Å²) in [5.41, 5.74) is 1.17. The van der Waals surface area contributed by atoms with Crippen LogP contribution < -0.4 is 5.32 Å². The molecule has 150 valence electrons. The molecule has 1 amide bonds. The molecule has 2 aromatic rings. The zero-order valence-electron chi connectivity index (χ0n) is 15.7. The first-order valence-electron chi connectivity index (χ1n) is 9.56. The lowest BCUT2D eigenvalue weighted by Crippen LogP contribution is -2.40. The lowest BCUT2D eigenvalue weighted by molar-refractivity contribution is -0.120. The standard InChI is InChI=1S/C19H24N4O3S2/c1-13(18(24)20-16-9-10-28(25,26)12-16)27-19-22-21-17(15-7-8-15)23(19)11-14-5-3-2-4-6-14/h2-6,13,15-16H,7-12H2,1H3,(H,20,24)/t13-,16-/m1/s1. The van der Waals surface area contributed by atoms with E-state index in [0.717, 1.165) is 23.8 Å². The van der Waals surface area contributed by atoms with E-state index >= 15 is 0 Å². The van der Waals surface area contributed by atoms with Crippen LogP contribution in [0.4, 0.5) is 0 Å². The minimum Gasteiger partial charge on any atom is -0.351 e. The fraction of sp³-hybridized carbons (Fsp3) is 0.526. The highest BCUT2D eigenvalue weighted by molar-refractivity contribution is 8.00. The largest absolute Gasteiger partial charge is 0.351 e. The fourth-order valence-electron chi connectivity index (χ4n) is 3.38. The quantitative estimate of drug-likeness (QED) is 0.689. The van der Waals surface area contributed by atoms with E-state index in [-0.39, 0.29) is 28.7 Å². The predicted octanol–water partition coefficient (Wildman–Crippen LogP) is 1.99. The Bertz CT molecular complexity index is 955. The van der Waals surface area contributed by atoms with Crippen molar-refractivity contribution in [2.24, 2.45) is 0 Å². The highest BCUT2D eigenvalue weighted by atomic mass is 32.2. The molecule has 1 saturated carbocycles. The van der Waals surface area contributed by atoms with Crippen LogP contribution in [-0.2, 0) is 21.2 Å². The van der Waals surface area contributed by atoms with Crippen LogP contribution in [0.25, 0.3) is 0 Å². The van der Waals surface area contributed by atoms with E-state index in [4.69, 9.17) is 0 Å². The summed E-state index contributed by atoms with van der Waals surface area (Å²) >= 11 is 1.37. The molecule has 4 rings (SSSR count). The third-order valence-corrected chi connectivity index (χ3v) is 7.95. The summed E-state index contributed by atoms with van der Waals surface area (Å²) in [6, 6.07) is 9.86. The molecule has 2 fully saturated rings. The van der Waals surface area contributed by atoms with Crippen LogP contribution in [0, 0.1) is 0 Å². The van der Waals surface area contributed by atoms with Crippen molar-refractivity contribution in [1.29, 1.82) is 0 Å². The highest BCUT2D eigenvalue weighted by Gasteiger charge is 2.33. The van der Waals surface area contributed by atoms with Gasteiger partial charge in [-0.15, -0.1) is 10.2 Å². The van der Waals surface area contributed by atoms with Crippen molar-refractivity contribution in [3.63, 3.8) is 0 Å². The van der Waals surface area contributed by atoms with Gasteiger partial charge in [0.15, 0.2) is 15.0 Å². The van der Waals surface area contributed by atoms with Gasteiger partial charge in [0.1, 0.15) is 5.82 Å². The van der Waals surface area contributed by atoms with Gasteiger partial charge in [0.05, 0.1) is 23.3 Å². The Kier molecular flexibility index (Phi) is 5.46. The highest BCUT2D eigenvalue weighted by Crippen LogP contribution is 2.40. The Morgan fingerprint density at radius 2 is 2.00 bits per heavy atom. The molecule has 0 radical (unpaired) electrons. The summed E-state index contributed by atoms with van der Waals surface area (Å²) < 4.78 is 25.3. The molecule has 0 bridgehead atoms. The molecule has 1 saturated heterocycles. The van der Waals surface area contributed by atoms with E-state index in [1.165, 1.54) is 17.3 Å². The van der Waals surface area contributed by atoms with E-state index < -0.39 is 9.84 Å². The average Bonchev–Trinajstić information content (AvgIpc) is 3.35. The molecule has 1 aromatic carbocycles. The smallest absolute Gasteiger partial charge is 0.233 e. The number of amides is 1. The minimum atomic E-state index is -3.01. The molecule has 1 N–H and O–H groups in total. The van der Waals surface area contributed by atoms with E-state index in [9.17, 15) is 13.2 Å². The van der Waals surface area contributed by atoms with Crippen LogP contribution in [0.5, 0.6) is 0 Å². The summed E-state index contributed by atoms with van der Waals surface area (Å²) in [4.78, 5) is 12.6. The van der Waals surface area contributed by atoms with Crippen molar-refractivity contribution < 1.29 is 13.2 Å². The topological polar surface area (TPSA) is 93.9 Å². The van der Waals surface area contributed by atoms with Gasteiger partial charge in [-0.2, -0.15) is 0 Å². The van der Waals surface area contributed by atoms with Gasteiger partial charge in [-0.3, -0.25) is 4.79 Å². The normalized spacial score (nSPS) is 22.1. The first-order valence-corrected chi connectivity index (χ1v) is 12.3. The number of hydrogen-bond donors (Lipinski definition) is 1. The van der Waals surface area contributed by atoms with Gasteiger partial charge >= 0.3 is 0 Å². The zero-order chi connectivity index (χ0) is 19.7. The molecular weight excluding hydrogens is 396 g/mol. The van der Waals surface area contributed by atoms with Crippen LogP contribution in [-0.4, -0.2) is 51.9 Å². The Hall–Kier alpha value is -1.87. The molecular formula is C19H24N4O3S2. The number of nitrogens with zero attached hydrogens (tertiary/aromatic N) is 3. The van der Waals surface area contributed by atoms with Crippen molar-refractivity contribution >= 4 is 27.5 Å². The zero-order valence-corrected chi connectivity index (χ0v) is 17.4. The molecule has 0 spiro atoms. The summed E-state index contributed by atoms with van der Waals surface area (Å²) in [5, 5.41) is 12.0. The Morgan fingerprint density at radius 3 is 2.64 bits per heavy atom. The van der Waals surface area contributed by atoms with E-state index in [1.54, 1.807) is 0 Å². The van der Waals surface area contributed by atoms with Gasteiger partial charge in [0, 0.05) is 12.0 Å². The number of carbonyl (C=O) groups excluding carboxylic acids is 1. The maximum atomic E-state index is 12.6. The van der Waals surface area contributed by atoms with Crippen molar-refractivity contribution in [2.45, 2.75) is 55.1 Å². The fourth-order valence-corrected chi connectivity index (χ4v) is 5.92. The molecule has 1 aliphatic carbocycles. The third kappa shape index (κ3) is 4.57. The molecule has 1 aliphatic heterocycles. The monoisotopic (exact) mass is 420 g/mol. The number of hydrogen-bond acceptors (Lipinski definition) is 6. The summed E-state index contributed by atoms with van der Waals surface area (Å²) in [6.07, 6.45) is 2.75. The summed E-state index contributed by atoms with van der Waals surface area (Å²) in [6.45, 7) is 2.50. The summed E-state index contributed by atoms with van der Waals surface area (Å²) in [5.74, 6) is 1.47. The second-order valence-electron chi connectivity index (χ2n) is 7.56. The Morgan fingerprint density at radius 1 is 1.25 bits per heavy atom. The van der Waals surface area contributed by atoms with Crippen LogP contribution in [0.15, 0.2) is 35.5 Å². The number of thioether (sulfide) groups is 1. The first kappa shape index (κ1) is 19.4. The summed E-state index contributed by atoms with van der Waals surface area (Å²) in [7, 11) is -3.01. The van der Waals surface area contributed by atoms with Crippen molar-refractivity contribution in [3.05, 3.63) is 41.7 Å². The van der Waals surface area contributed by atoms with Crippen molar-refractivity contribution in [1.82, 2.24) is 20.1 Å². The lowest BCUT2D eigenvalue weighted by atomic mass is 10.2. The molecule has 1 aromatic heterocycles. The molecule has 0 unspecified atom stereocenters. The third-order valence-electron chi connectivity index (χ3n) is 5.10. The van der Waals surface area contributed by atoms with Crippen molar-refractivity contribution in [3.8, 4) is 0 Å². The second kappa shape index (κ2) is 7.87.